The molecule has 0 spiro atoms. The summed E-state index contributed by atoms with van der Waals surface area (Å²) in [6, 6.07) is 10.9. The molecule has 0 aliphatic heterocycles. The number of nitrogens with one attached hydrogen (secondary N) is 1. The van der Waals surface area contributed by atoms with E-state index in [0.29, 0.717) is 22.3 Å². The van der Waals surface area contributed by atoms with Gasteiger partial charge in [-0.05, 0) is 30.3 Å². The van der Waals surface area contributed by atoms with Gasteiger partial charge in [0.15, 0.2) is 0 Å². The smallest absolute Gasteiger partial charge is 0.127 e. The molecule has 0 saturated carbocycles. The van der Waals surface area contributed by atoms with Crippen molar-refractivity contribution < 1.29 is 9.47 Å². The number of hydrogen-bond acceptors (Lipinski definition) is 4. The Morgan fingerprint density at radius 3 is 2.45 bits per heavy atom. The van der Waals surface area contributed by atoms with Crippen LogP contribution < -0.4 is 14.9 Å². The largest absolute Gasteiger partial charge is 0.497 e. The molecule has 0 bridgehead atoms. The number of halogens is 2. The first-order valence-electron chi connectivity index (χ1n) is 6.56. The third-order valence-corrected chi connectivity index (χ3v) is 3.76. The van der Waals surface area contributed by atoms with E-state index >= 15 is 0 Å². The molecule has 0 atom stereocenters. The highest BCUT2D eigenvalue weighted by Crippen LogP contribution is 2.24. The third-order valence-electron chi connectivity index (χ3n) is 3.05. The van der Waals surface area contributed by atoms with Gasteiger partial charge < -0.3 is 14.9 Å². The molecule has 2 aromatic carbocycles. The Morgan fingerprint density at radius 2 is 1.82 bits per heavy atom. The van der Waals surface area contributed by atoms with Crippen molar-refractivity contribution >= 4 is 29.4 Å². The number of nitrogens with zero attached hydrogens (tertiary/aromatic N) is 1. The number of hydrogen-bond donors (Lipinski definition) is 1. The van der Waals surface area contributed by atoms with Crippen LogP contribution in [0.1, 0.15) is 11.1 Å². The summed E-state index contributed by atoms with van der Waals surface area (Å²) in [6.07, 6.45) is 1.66. The standard InChI is InChI=1S/C16H16Cl2N2O2/c1-21-12-6-7-16(22-2)11(8-12)9-19-20-10-13-14(17)4-3-5-15(13)18/h3-9,20H,10H2,1-2H3/b19-9-. The summed E-state index contributed by atoms with van der Waals surface area (Å²) in [4.78, 5) is 0. The lowest BCUT2D eigenvalue weighted by Crippen LogP contribution is -2.07. The molecule has 0 amide bonds. The van der Waals surface area contributed by atoms with Gasteiger partial charge >= 0.3 is 0 Å². The van der Waals surface area contributed by atoms with Crippen LogP contribution in [0, 0.1) is 0 Å². The fraction of sp³-hybridized carbons (Fsp3) is 0.188. The van der Waals surface area contributed by atoms with Crippen molar-refractivity contribution in [1.82, 2.24) is 5.43 Å². The van der Waals surface area contributed by atoms with Crippen molar-refractivity contribution in [3.8, 4) is 11.5 Å². The molecule has 0 aliphatic carbocycles. The normalized spacial score (nSPS) is 10.7. The fourth-order valence-electron chi connectivity index (χ4n) is 1.88. The number of hydrazone groups is 1. The predicted octanol–water partition coefficient (Wildman–Crippen LogP) is 4.13. The van der Waals surface area contributed by atoms with Crippen LogP contribution in [0.4, 0.5) is 0 Å². The Bertz CT molecular complexity index is 655. The second-order valence-corrected chi connectivity index (χ2v) is 5.22. The maximum Gasteiger partial charge on any atom is 0.127 e. The molecule has 1 N–H and O–H groups in total. The van der Waals surface area contributed by atoms with E-state index in [-0.39, 0.29) is 0 Å². The molecule has 0 fully saturated rings. The summed E-state index contributed by atoms with van der Waals surface area (Å²) >= 11 is 12.2. The van der Waals surface area contributed by atoms with Crippen LogP contribution in [0.3, 0.4) is 0 Å². The molecule has 2 aromatic rings. The zero-order valence-electron chi connectivity index (χ0n) is 12.3. The molecule has 0 radical (unpaired) electrons. The Kier molecular flexibility index (Phi) is 5.92. The van der Waals surface area contributed by atoms with Crippen LogP contribution in [0.25, 0.3) is 0 Å². The van der Waals surface area contributed by atoms with Gasteiger partial charge in [-0.3, -0.25) is 0 Å². The van der Waals surface area contributed by atoms with E-state index in [4.69, 9.17) is 32.7 Å². The van der Waals surface area contributed by atoms with Gasteiger partial charge in [0, 0.05) is 21.2 Å². The minimum atomic E-state index is 0.432. The highest BCUT2D eigenvalue weighted by Gasteiger charge is 2.05. The van der Waals surface area contributed by atoms with Gasteiger partial charge in [-0.15, -0.1) is 0 Å². The van der Waals surface area contributed by atoms with E-state index in [1.807, 2.05) is 18.2 Å². The molecule has 0 heterocycles. The van der Waals surface area contributed by atoms with Gasteiger partial charge in [0.05, 0.1) is 27.0 Å². The van der Waals surface area contributed by atoms with E-state index in [1.165, 1.54) is 0 Å². The first kappa shape index (κ1) is 16.5. The summed E-state index contributed by atoms with van der Waals surface area (Å²) < 4.78 is 10.5. The maximum atomic E-state index is 6.10. The summed E-state index contributed by atoms with van der Waals surface area (Å²) in [5.41, 5.74) is 4.54. The first-order valence-corrected chi connectivity index (χ1v) is 7.32. The van der Waals surface area contributed by atoms with E-state index < -0.39 is 0 Å². The average Bonchev–Trinajstić information content (AvgIpc) is 2.53. The summed E-state index contributed by atoms with van der Waals surface area (Å²) in [5.74, 6) is 1.44. The molecular weight excluding hydrogens is 323 g/mol. The molecule has 0 aromatic heterocycles. The summed E-state index contributed by atoms with van der Waals surface area (Å²) in [7, 11) is 3.22. The highest BCUT2D eigenvalue weighted by atomic mass is 35.5. The van der Waals surface area contributed by atoms with Gasteiger partial charge in [0.1, 0.15) is 11.5 Å². The summed E-state index contributed by atoms with van der Waals surface area (Å²) in [6.45, 7) is 0.432. The van der Waals surface area contributed by atoms with Crippen molar-refractivity contribution in [3.05, 3.63) is 57.6 Å². The lowest BCUT2D eigenvalue weighted by molar-refractivity contribution is 0.402. The second kappa shape index (κ2) is 7.92. The van der Waals surface area contributed by atoms with Gasteiger partial charge in [-0.25, -0.2) is 0 Å². The molecule has 6 heteroatoms. The molecule has 22 heavy (non-hydrogen) atoms. The first-order chi connectivity index (χ1) is 10.7. The Balaban J connectivity index is 2.07. The topological polar surface area (TPSA) is 42.9 Å². The van der Waals surface area contributed by atoms with Gasteiger partial charge in [0.25, 0.3) is 0 Å². The highest BCUT2D eigenvalue weighted by molar-refractivity contribution is 6.35. The maximum absolute atomic E-state index is 6.10. The molecular formula is C16H16Cl2N2O2. The summed E-state index contributed by atoms with van der Waals surface area (Å²) in [5, 5.41) is 5.39. The number of ether oxygens (including phenoxy) is 2. The predicted molar refractivity (Wildman–Crippen MR) is 90.4 cm³/mol. The Morgan fingerprint density at radius 1 is 1.09 bits per heavy atom. The molecule has 0 aliphatic rings. The van der Waals surface area contributed by atoms with Crippen molar-refractivity contribution in [2.75, 3.05) is 14.2 Å². The van der Waals surface area contributed by atoms with Crippen LogP contribution in [0.15, 0.2) is 41.5 Å². The third kappa shape index (κ3) is 4.06. The number of rotatable bonds is 6. The average molecular weight is 339 g/mol. The number of benzene rings is 2. The molecule has 2 rings (SSSR count). The lowest BCUT2D eigenvalue weighted by atomic mass is 10.2. The monoisotopic (exact) mass is 338 g/mol. The van der Waals surface area contributed by atoms with E-state index in [1.54, 1.807) is 38.6 Å². The second-order valence-electron chi connectivity index (χ2n) is 4.40. The minimum absolute atomic E-state index is 0.432. The molecule has 4 nitrogen and oxygen atoms in total. The van der Waals surface area contributed by atoms with Gasteiger partial charge in [0.2, 0.25) is 0 Å². The lowest BCUT2D eigenvalue weighted by Gasteiger charge is -2.08. The van der Waals surface area contributed by atoms with E-state index in [2.05, 4.69) is 10.5 Å². The Hall–Kier alpha value is -1.91. The van der Waals surface area contributed by atoms with Crippen LogP contribution in [0.5, 0.6) is 11.5 Å². The van der Waals surface area contributed by atoms with E-state index in [9.17, 15) is 0 Å². The molecule has 116 valence electrons. The van der Waals surface area contributed by atoms with Crippen molar-refractivity contribution in [2.45, 2.75) is 6.54 Å². The van der Waals surface area contributed by atoms with Crippen LogP contribution >= 0.6 is 23.2 Å². The van der Waals surface area contributed by atoms with Crippen molar-refractivity contribution in [3.63, 3.8) is 0 Å². The Labute approximate surface area is 139 Å². The van der Waals surface area contributed by atoms with Crippen molar-refractivity contribution in [2.24, 2.45) is 5.10 Å². The minimum Gasteiger partial charge on any atom is -0.497 e. The van der Waals surface area contributed by atoms with Crippen LogP contribution in [0.2, 0.25) is 10.0 Å². The van der Waals surface area contributed by atoms with Crippen molar-refractivity contribution in [1.29, 1.82) is 0 Å². The SMILES string of the molecule is COc1ccc(OC)c(/C=N\NCc2c(Cl)cccc2Cl)c1. The van der Waals surface area contributed by atoms with E-state index in [0.717, 1.165) is 16.9 Å². The fourth-order valence-corrected chi connectivity index (χ4v) is 2.41. The van der Waals surface area contributed by atoms with Gasteiger partial charge in [-0.2, -0.15) is 5.10 Å². The number of methoxy groups -OCH3 is 2. The van der Waals surface area contributed by atoms with Crippen LogP contribution in [-0.4, -0.2) is 20.4 Å². The zero-order chi connectivity index (χ0) is 15.9. The molecule has 0 saturated heterocycles. The van der Waals surface area contributed by atoms with Gasteiger partial charge in [-0.1, -0.05) is 29.3 Å². The molecule has 0 unspecified atom stereocenters. The zero-order valence-corrected chi connectivity index (χ0v) is 13.8. The quantitative estimate of drug-likeness (QED) is 0.636. The van der Waals surface area contributed by atoms with Crippen LogP contribution in [-0.2, 0) is 6.54 Å².